The summed E-state index contributed by atoms with van der Waals surface area (Å²) in [7, 11) is 0. The number of thioether (sulfide) groups is 1. The SMILES string of the molecule is CCNC(=NCC1(SCC)CCOCC1)NC1CCN(C(=O)C2CCCC2)C1. The van der Waals surface area contributed by atoms with E-state index in [0.717, 1.165) is 83.2 Å². The lowest BCUT2D eigenvalue weighted by Crippen LogP contribution is -2.46. The van der Waals surface area contributed by atoms with E-state index < -0.39 is 0 Å². The van der Waals surface area contributed by atoms with Gasteiger partial charge in [-0.15, -0.1) is 0 Å². The molecule has 1 atom stereocenters. The third kappa shape index (κ3) is 5.78. The van der Waals surface area contributed by atoms with E-state index >= 15 is 0 Å². The summed E-state index contributed by atoms with van der Waals surface area (Å²) in [6.07, 6.45) is 7.74. The second-order valence-corrected chi connectivity index (χ2v) is 10.1. The maximum atomic E-state index is 12.7. The second kappa shape index (κ2) is 10.7. The molecule has 2 heterocycles. The van der Waals surface area contributed by atoms with E-state index in [4.69, 9.17) is 9.73 Å². The van der Waals surface area contributed by atoms with Crippen LogP contribution in [0.1, 0.15) is 58.8 Å². The van der Waals surface area contributed by atoms with E-state index in [1.165, 1.54) is 12.8 Å². The average Bonchev–Trinajstić information content (AvgIpc) is 3.39. The first-order valence-corrected chi connectivity index (χ1v) is 12.2. The maximum absolute atomic E-state index is 12.7. The lowest BCUT2D eigenvalue weighted by molar-refractivity contribution is -0.134. The van der Waals surface area contributed by atoms with Crippen LogP contribution >= 0.6 is 11.8 Å². The summed E-state index contributed by atoms with van der Waals surface area (Å²) >= 11 is 2.03. The molecule has 1 unspecified atom stereocenters. The van der Waals surface area contributed by atoms with E-state index in [0.29, 0.717) is 11.9 Å². The van der Waals surface area contributed by atoms with E-state index in [1.807, 2.05) is 11.8 Å². The Morgan fingerprint density at radius 2 is 1.96 bits per heavy atom. The molecule has 0 bridgehead atoms. The molecule has 2 saturated heterocycles. The number of rotatable bonds is 7. The first kappa shape index (κ1) is 21.8. The van der Waals surface area contributed by atoms with Gasteiger partial charge in [0.1, 0.15) is 0 Å². The van der Waals surface area contributed by atoms with Gasteiger partial charge in [-0.1, -0.05) is 19.8 Å². The lowest BCUT2D eigenvalue weighted by atomic mass is 9.99. The number of hydrogen-bond donors (Lipinski definition) is 2. The van der Waals surface area contributed by atoms with Crippen molar-refractivity contribution in [3.05, 3.63) is 0 Å². The summed E-state index contributed by atoms with van der Waals surface area (Å²) in [4.78, 5) is 19.7. The molecule has 0 aromatic heterocycles. The number of likely N-dealkylation sites (tertiary alicyclic amines) is 1. The summed E-state index contributed by atoms with van der Waals surface area (Å²) in [6.45, 7) is 9.36. The molecule has 28 heavy (non-hydrogen) atoms. The minimum Gasteiger partial charge on any atom is -0.381 e. The predicted molar refractivity (Wildman–Crippen MR) is 117 cm³/mol. The van der Waals surface area contributed by atoms with Gasteiger partial charge in [-0.3, -0.25) is 9.79 Å². The van der Waals surface area contributed by atoms with Gasteiger partial charge in [0.15, 0.2) is 5.96 Å². The van der Waals surface area contributed by atoms with Crippen LogP contribution in [0.15, 0.2) is 4.99 Å². The van der Waals surface area contributed by atoms with Gasteiger partial charge in [-0.2, -0.15) is 11.8 Å². The zero-order chi connectivity index (χ0) is 19.8. The zero-order valence-corrected chi connectivity index (χ0v) is 18.5. The number of aliphatic imine (C=N–C) groups is 1. The molecule has 0 aromatic rings. The molecule has 2 N–H and O–H groups in total. The van der Waals surface area contributed by atoms with Crippen LogP contribution in [0.2, 0.25) is 0 Å². The summed E-state index contributed by atoms with van der Waals surface area (Å²) in [6, 6.07) is 0.299. The standard InChI is InChI=1S/C21H38N4O2S/c1-3-22-20(23-16-21(28-4-2)10-13-27-14-11-21)24-18-9-12-25(15-18)19(26)17-7-5-6-8-17/h17-18H,3-16H2,1-2H3,(H2,22,23,24). The summed E-state index contributed by atoms with van der Waals surface area (Å²) in [5, 5.41) is 7.00. The minimum atomic E-state index is 0.204. The molecule has 3 aliphatic rings. The molecule has 3 rings (SSSR count). The number of hydrogen-bond acceptors (Lipinski definition) is 4. The Kier molecular flexibility index (Phi) is 8.33. The predicted octanol–water partition coefficient (Wildman–Crippen LogP) is 2.63. The van der Waals surface area contributed by atoms with Gasteiger partial charge in [-0.25, -0.2) is 0 Å². The monoisotopic (exact) mass is 410 g/mol. The molecular weight excluding hydrogens is 372 g/mol. The molecule has 3 fully saturated rings. The van der Waals surface area contributed by atoms with Gasteiger partial charge >= 0.3 is 0 Å². The third-order valence-electron chi connectivity index (χ3n) is 6.27. The highest BCUT2D eigenvalue weighted by molar-refractivity contribution is 8.00. The van der Waals surface area contributed by atoms with Crippen LogP contribution in [0.3, 0.4) is 0 Å². The van der Waals surface area contributed by atoms with Crippen molar-refractivity contribution in [1.82, 2.24) is 15.5 Å². The van der Waals surface area contributed by atoms with Gasteiger partial charge in [0.2, 0.25) is 5.91 Å². The first-order chi connectivity index (χ1) is 13.7. The molecule has 1 aliphatic carbocycles. The highest BCUT2D eigenvalue weighted by atomic mass is 32.2. The molecule has 0 radical (unpaired) electrons. The topological polar surface area (TPSA) is 66.0 Å². The Morgan fingerprint density at radius 1 is 1.21 bits per heavy atom. The number of carbonyl (C=O) groups is 1. The molecule has 2 aliphatic heterocycles. The molecule has 0 aromatic carbocycles. The molecule has 1 amide bonds. The molecule has 1 saturated carbocycles. The van der Waals surface area contributed by atoms with Crippen molar-refractivity contribution < 1.29 is 9.53 Å². The van der Waals surface area contributed by atoms with Crippen LogP contribution in [0, 0.1) is 5.92 Å². The van der Waals surface area contributed by atoms with Crippen molar-refractivity contribution in [2.24, 2.45) is 10.9 Å². The van der Waals surface area contributed by atoms with Crippen LogP contribution in [0.4, 0.5) is 0 Å². The molecule has 7 heteroatoms. The number of nitrogens with one attached hydrogen (secondary N) is 2. The Hall–Kier alpha value is -0.950. The smallest absolute Gasteiger partial charge is 0.225 e. The molecule has 160 valence electrons. The first-order valence-electron chi connectivity index (χ1n) is 11.2. The van der Waals surface area contributed by atoms with E-state index in [9.17, 15) is 4.79 Å². The Balaban J connectivity index is 1.55. The summed E-state index contributed by atoms with van der Waals surface area (Å²) in [5.41, 5.74) is 0. The number of amides is 1. The maximum Gasteiger partial charge on any atom is 0.225 e. The largest absolute Gasteiger partial charge is 0.381 e. The number of carbonyl (C=O) groups excluding carboxylic acids is 1. The fourth-order valence-corrected chi connectivity index (χ4v) is 5.87. The minimum absolute atomic E-state index is 0.204. The van der Waals surface area contributed by atoms with Crippen molar-refractivity contribution in [2.45, 2.75) is 69.6 Å². The Labute approximate surface area is 174 Å². The van der Waals surface area contributed by atoms with Crippen LogP contribution in [0.25, 0.3) is 0 Å². The van der Waals surface area contributed by atoms with Crippen molar-refractivity contribution in [2.75, 3.05) is 45.1 Å². The van der Waals surface area contributed by atoms with Crippen molar-refractivity contribution in [3.63, 3.8) is 0 Å². The Morgan fingerprint density at radius 3 is 2.64 bits per heavy atom. The van der Waals surface area contributed by atoms with E-state index in [-0.39, 0.29) is 10.7 Å². The molecule has 0 spiro atoms. The number of ether oxygens (including phenoxy) is 1. The number of guanidine groups is 1. The summed E-state index contributed by atoms with van der Waals surface area (Å²) < 4.78 is 5.78. The van der Waals surface area contributed by atoms with Gasteiger partial charge < -0.3 is 20.3 Å². The second-order valence-electron chi connectivity index (χ2n) is 8.32. The van der Waals surface area contributed by atoms with Crippen molar-refractivity contribution >= 4 is 23.6 Å². The van der Waals surface area contributed by atoms with Gasteiger partial charge in [-0.05, 0) is 44.8 Å². The quantitative estimate of drug-likeness (QED) is 0.499. The zero-order valence-electron chi connectivity index (χ0n) is 17.7. The van der Waals surface area contributed by atoms with Gasteiger partial charge in [0, 0.05) is 49.6 Å². The van der Waals surface area contributed by atoms with Crippen LogP contribution in [0.5, 0.6) is 0 Å². The van der Waals surface area contributed by atoms with Crippen molar-refractivity contribution in [3.8, 4) is 0 Å². The highest BCUT2D eigenvalue weighted by Gasteiger charge is 2.34. The summed E-state index contributed by atoms with van der Waals surface area (Å²) in [5.74, 6) is 2.66. The van der Waals surface area contributed by atoms with Crippen LogP contribution in [-0.4, -0.2) is 72.7 Å². The third-order valence-corrected chi connectivity index (χ3v) is 7.71. The fourth-order valence-electron chi connectivity index (χ4n) is 4.64. The van der Waals surface area contributed by atoms with Crippen molar-refractivity contribution in [1.29, 1.82) is 0 Å². The lowest BCUT2D eigenvalue weighted by Gasteiger charge is -2.35. The van der Waals surface area contributed by atoms with E-state index in [1.54, 1.807) is 0 Å². The molecule has 6 nitrogen and oxygen atoms in total. The van der Waals surface area contributed by atoms with Crippen LogP contribution < -0.4 is 10.6 Å². The normalized spacial score (nSPS) is 25.9. The molecular formula is C21H38N4O2S. The average molecular weight is 411 g/mol. The number of nitrogens with zero attached hydrogens (tertiary/aromatic N) is 2. The van der Waals surface area contributed by atoms with Gasteiger partial charge in [0.05, 0.1) is 6.54 Å². The van der Waals surface area contributed by atoms with E-state index in [2.05, 4.69) is 29.4 Å². The van der Waals surface area contributed by atoms with Gasteiger partial charge in [0.25, 0.3) is 0 Å². The fraction of sp³-hybridized carbons (Fsp3) is 0.905. The highest BCUT2D eigenvalue weighted by Crippen LogP contribution is 2.35. The Bertz CT molecular complexity index is 525. The van der Waals surface area contributed by atoms with Crippen LogP contribution in [-0.2, 0) is 9.53 Å².